The van der Waals surface area contributed by atoms with E-state index in [9.17, 15) is 4.79 Å². The molecule has 1 aromatic carbocycles. The van der Waals surface area contributed by atoms with Gasteiger partial charge in [-0.15, -0.1) is 0 Å². The van der Waals surface area contributed by atoms with Crippen LogP contribution in [-0.4, -0.2) is 11.4 Å². The van der Waals surface area contributed by atoms with Gasteiger partial charge in [-0.1, -0.05) is 11.2 Å². The van der Waals surface area contributed by atoms with Crippen LogP contribution < -0.4 is 0 Å². The van der Waals surface area contributed by atoms with Crippen molar-refractivity contribution in [3.05, 3.63) is 29.0 Å². The number of carbonyl (C=O) groups is 1. The van der Waals surface area contributed by atoms with Crippen LogP contribution in [0.1, 0.15) is 21.6 Å². The van der Waals surface area contributed by atoms with E-state index in [4.69, 9.17) is 4.52 Å². The molecule has 0 radical (unpaired) electrons. The van der Waals surface area contributed by atoms with Crippen LogP contribution in [-0.2, 0) is 0 Å². The second-order valence-corrected chi connectivity index (χ2v) is 3.06. The summed E-state index contributed by atoms with van der Waals surface area (Å²) in [6.07, 6.45) is 0.808. The highest BCUT2D eigenvalue weighted by atomic mass is 16.5. The van der Waals surface area contributed by atoms with Crippen LogP contribution in [0, 0.1) is 13.8 Å². The standard InChI is InChI=1S/C10H9NO2/c1-6-3-4-8-7(2)11-13-10(8)9(6)5-12/h3-5H,1-2H3. The van der Waals surface area contributed by atoms with Crippen LogP contribution >= 0.6 is 0 Å². The van der Waals surface area contributed by atoms with Gasteiger partial charge in [0.2, 0.25) is 0 Å². The van der Waals surface area contributed by atoms with Crippen molar-refractivity contribution in [1.82, 2.24) is 5.16 Å². The number of carbonyl (C=O) groups excluding carboxylic acids is 1. The van der Waals surface area contributed by atoms with Gasteiger partial charge in [-0.05, 0) is 25.5 Å². The van der Waals surface area contributed by atoms with Crippen molar-refractivity contribution in [3.8, 4) is 0 Å². The Morgan fingerprint density at radius 1 is 1.38 bits per heavy atom. The third-order valence-electron chi connectivity index (χ3n) is 2.20. The molecule has 0 fully saturated rings. The molecule has 1 aromatic heterocycles. The maximum Gasteiger partial charge on any atom is 0.177 e. The van der Waals surface area contributed by atoms with Crippen molar-refractivity contribution in [3.63, 3.8) is 0 Å². The number of benzene rings is 1. The van der Waals surface area contributed by atoms with E-state index in [-0.39, 0.29) is 0 Å². The molecule has 66 valence electrons. The summed E-state index contributed by atoms with van der Waals surface area (Å²) in [5, 5.41) is 4.72. The number of hydrogen-bond donors (Lipinski definition) is 0. The molecule has 13 heavy (non-hydrogen) atoms. The fraction of sp³-hybridized carbons (Fsp3) is 0.200. The Kier molecular flexibility index (Phi) is 1.65. The van der Waals surface area contributed by atoms with E-state index in [2.05, 4.69) is 5.16 Å². The summed E-state index contributed by atoms with van der Waals surface area (Å²) >= 11 is 0. The van der Waals surface area contributed by atoms with E-state index >= 15 is 0 Å². The van der Waals surface area contributed by atoms with Gasteiger partial charge in [-0.2, -0.15) is 0 Å². The molecule has 0 atom stereocenters. The van der Waals surface area contributed by atoms with Crippen molar-refractivity contribution in [2.45, 2.75) is 13.8 Å². The van der Waals surface area contributed by atoms with Gasteiger partial charge in [0.05, 0.1) is 11.3 Å². The number of aryl methyl sites for hydroxylation is 2. The normalized spacial score (nSPS) is 10.6. The fourth-order valence-corrected chi connectivity index (χ4v) is 1.39. The first-order chi connectivity index (χ1) is 6.24. The number of fused-ring (bicyclic) bond motifs is 1. The Labute approximate surface area is 75.3 Å². The predicted octanol–water partition coefficient (Wildman–Crippen LogP) is 2.26. The smallest absolute Gasteiger partial charge is 0.177 e. The van der Waals surface area contributed by atoms with Gasteiger partial charge >= 0.3 is 0 Å². The first-order valence-corrected chi connectivity index (χ1v) is 4.05. The van der Waals surface area contributed by atoms with Crippen LogP contribution in [0.4, 0.5) is 0 Å². The number of nitrogens with zero attached hydrogens (tertiary/aromatic N) is 1. The average molecular weight is 175 g/mol. The molecule has 0 saturated heterocycles. The Bertz CT molecular complexity index is 471. The maximum atomic E-state index is 10.8. The molecular weight excluding hydrogens is 166 g/mol. The minimum atomic E-state index is 0.590. The predicted molar refractivity (Wildman–Crippen MR) is 48.9 cm³/mol. The molecule has 0 amide bonds. The van der Waals surface area contributed by atoms with Crippen molar-refractivity contribution in [2.75, 3.05) is 0 Å². The van der Waals surface area contributed by atoms with Crippen molar-refractivity contribution >= 4 is 17.3 Å². The highest BCUT2D eigenvalue weighted by Crippen LogP contribution is 2.22. The van der Waals surface area contributed by atoms with Gasteiger partial charge in [0, 0.05) is 5.39 Å². The number of aromatic nitrogens is 1. The summed E-state index contributed by atoms with van der Waals surface area (Å²) in [5.41, 5.74) is 2.92. The highest BCUT2D eigenvalue weighted by Gasteiger charge is 2.10. The number of rotatable bonds is 1. The van der Waals surface area contributed by atoms with E-state index in [0.717, 1.165) is 22.9 Å². The van der Waals surface area contributed by atoms with E-state index < -0.39 is 0 Å². The summed E-state index contributed by atoms with van der Waals surface area (Å²) < 4.78 is 5.07. The van der Waals surface area contributed by atoms with Crippen LogP contribution in [0.3, 0.4) is 0 Å². The molecule has 0 aliphatic carbocycles. The van der Waals surface area contributed by atoms with Crippen molar-refractivity contribution in [2.24, 2.45) is 0 Å². The van der Waals surface area contributed by atoms with Crippen molar-refractivity contribution in [1.29, 1.82) is 0 Å². The minimum Gasteiger partial charge on any atom is -0.355 e. The van der Waals surface area contributed by atoms with Gasteiger partial charge in [0.15, 0.2) is 11.9 Å². The van der Waals surface area contributed by atoms with E-state index in [1.54, 1.807) is 0 Å². The zero-order valence-corrected chi connectivity index (χ0v) is 7.50. The molecule has 0 unspecified atom stereocenters. The quantitative estimate of drug-likeness (QED) is 0.624. The van der Waals surface area contributed by atoms with Crippen molar-refractivity contribution < 1.29 is 9.32 Å². The maximum absolute atomic E-state index is 10.8. The zero-order valence-electron chi connectivity index (χ0n) is 7.50. The minimum absolute atomic E-state index is 0.590. The Morgan fingerprint density at radius 2 is 2.15 bits per heavy atom. The molecule has 1 heterocycles. The Morgan fingerprint density at radius 3 is 2.85 bits per heavy atom. The van der Waals surface area contributed by atoms with Crippen LogP contribution in [0.15, 0.2) is 16.7 Å². The summed E-state index contributed by atoms with van der Waals surface area (Å²) in [7, 11) is 0. The third-order valence-corrected chi connectivity index (χ3v) is 2.20. The second-order valence-electron chi connectivity index (χ2n) is 3.06. The summed E-state index contributed by atoms with van der Waals surface area (Å²) in [6, 6.07) is 3.82. The van der Waals surface area contributed by atoms with E-state index in [1.807, 2.05) is 26.0 Å². The van der Waals surface area contributed by atoms with Gasteiger partial charge in [-0.3, -0.25) is 4.79 Å². The fourth-order valence-electron chi connectivity index (χ4n) is 1.39. The molecule has 2 rings (SSSR count). The SMILES string of the molecule is Cc1ccc2c(C)noc2c1C=O. The lowest BCUT2D eigenvalue weighted by Gasteiger charge is -1.96. The lowest BCUT2D eigenvalue weighted by molar-refractivity contribution is 0.112. The van der Waals surface area contributed by atoms with E-state index in [1.165, 1.54) is 0 Å². The third kappa shape index (κ3) is 1.04. The monoisotopic (exact) mass is 175 g/mol. The molecule has 0 N–H and O–H groups in total. The summed E-state index contributed by atoms with van der Waals surface area (Å²) in [4.78, 5) is 10.8. The van der Waals surface area contributed by atoms with E-state index in [0.29, 0.717) is 11.1 Å². The lowest BCUT2D eigenvalue weighted by atomic mass is 10.1. The molecule has 3 heteroatoms. The highest BCUT2D eigenvalue weighted by molar-refractivity contribution is 5.96. The lowest BCUT2D eigenvalue weighted by Crippen LogP contribution is -1.86. The molecule has 3 nitrogen and oxygen atoms in total. The molecule has 0 aliphatic heterocycles. The van der Waals surface area contributed by atoms with Crippen LogP contribution in [0.2, 0.25) is 0 Å². The van der Waals surface area contributed by atoms with Gasteiger partial charge < -0.3 is 4.52 Å². The largest absolute Gasteiger partial charge is 0.355 e. The average Bonchev–Trinajstić information content (AvgIpc) is 2.48. The first kappa shape index (κ1) is 7.98. The first-order valence-electron chi connectivity index (χ1n) is 4.05. The van der Waals surface area contributed by atoms with Crippen LogP contribution in [0.5, 0.6) is 0 Å². The molecule has 0 spiro atoms. The number of aldehydes is 1. The molecule has 0 bridgehead atoms. The Balaban J connectivity index is 2.92. The topological polar surface area (TPSA) is 43.1 Å². The molecule has 2 aromatic rings. The van der Waals surface area contributed by atoms with Gasteiger partial charge in [0.25, 0.3) is 0 Å². The van der Waals surface area contributed by atoms with Crippen LogP contribution in [0.25, 0.3) is 11.0 Å². The second kappa shape index (κ2) is 2.69. The molecular formula is C10H9NO2. The molecule has 0 aliphatic rings. The van der Waals surface area contributed by atoms with Gasteiger partial charge in [0.1, 0.15) is 0 Å². The summed E-state index contributed by atoms with van der Waals surface area (Å²) in [5.74, 6) is 0. The Hall–Kier alpha value is -1.64. The number of hydrogen-bond acceptors (Lipinski definition) is 3. The molecule has 0 saturated carbocycles. The van der Waals surface area contributed by atoms with Gasteiger partial charge in [-0.25, -0.2) is 0 Å². The zero-order chi connectivity index (χ0) is 9.42. The summed E-state index contributed by atoms with van der Waals surface area (Å²) in [6.45, 7) is 3.73.